The zero-order valence-corrected chi connectivity index (χ0v) is 31.9. The van der Waals surface area contributed by atoms with Crippen LogP contribution in [-0.2, 0) is 0 Å². The van der Waals surface area contributed by atoms with Gasteiger partial charge in [-0.25, -0.2) is 0 Å². The van der Waals surface area contributed by atoms with E-state index in [9.17, 15) is 10.2 Å². The topological polar surface area (TPSA) is 98.3 Å². The Kier molecular flexibility index (Phi) is 6.65. The maximum Gasteiger partial charge on any atom is 0.136 e. The largest absolute Gasteiger partial charge is 0.507 e. The molecular weight excluding hydrogens is 741 g/mol. The number of aromatic nitrogens is 2. The van der Waals surface area contributed by atoms with E-state index in [0.29, 0.717) is 22.3 Å². The van der Waals surface area contributed by atoms with Crippen molar-refractivity contribution in [1.82, 2.24) is 9.97 Å². The molecule has 0 spiro atoms. The predicted octanol–water partition coefficient (Wildman–Crippen LogP) is 14.8. The maximum absolute atomic E-state index is 11.7. The number of aromatic hydroxyl groups is 2. The van der Waals surface area contributed by atoms with Crippen LogP contribution in [0.25, 0.3) is 132 Å². The molecule has 0 fully saturated rings. The number of benzene rings is 9. The van der Waals surface area contributed by atoms with E-state index in [1.165, 1.54) is 0 Å². The molecule has 0 bridgehead atoms. The lowest BCUT2D eigenvalue weighted by Crippen LogP contribution is -1.88. The van der Waals surface area contributed by atoms with Gasteiger partial charge in [0.25, 0.3) is 0 Å². The molecule has 0 aliphatic heterocycles. The summed E-state index contributed by atoms with van der Waals surface area (Å²) in [5, 5.41) is 31.3. The molecule has 9 aromatic carbocycles. The van der Waals surface area contributed by atoms with Gasteiger partial charge in [-0.3, -0.25) is 0 Å². The number of phenols is 2. The first-order valence-corrected chi connectivity index (χ1v) is 20.0. The highest BCUT2D eigenvalue weighted by Gasteiger charge is 2.26. The number of aromatic amines is 2. The smallest absolute Gasteiger partial charge is 0.136 e. The number of H-pyrrole nitrogens is 2. The van der Waals surface area contributed by atoms with Crippen molar-refractivity contribution in [2.45, 2.75) is 0 Å². The number of phenolic OH excluding ortho intramolecular Hbond substituents is 2. The monoisotopic (exact) mass is 772 g/mol. The molecule has 282 valence electrons. The van der Waals surface area contributed by atoms with Crippen molar-refractivity contribution >= 4 is 87.5 Å². The summed E-state index contributed by atoms with van der Waals surface area (Å²) in [4.78, 5) is 7.90. The van der Waals surface area contributed by atoms with E-state index in [4.69, 9.17) is 8.83 Å². The summed E-state index contributed by atoms with van der Waals surface area (Å²) in [5.41, 5.74) is 14.1. The molecule has 4 heterocycles. The molecule has 0 saturated heterocycles. The molecule has 0 atom stereocenters. The lowest BCUT2D eigenvalue weighted by Gasteiger charge is -2.13. The first-order valence-electron chi connectivity index (χ1n) is 20.0. The summed E-state index contributed by atoms with van der Waals surface area (Å²) in [6.45, 7) is 0. The van der Waals surface area contributed by atoms with Crippen LogP contribution in [0, 0.1) is 0 Å². The van der Waals surface area contributed by atoms with Crippen molar-refractivity contribution in [2.24, 2.45) is 0 Å². The lowest BCUT2D eigenvalue weighted by atomic mass is 9.89. The molecule has 13 aromatic rings. The van der Waals surface area contributed by atoms with Crippen LogP contribution in [0.4, 0.5) is 0 Å². The van der Waals surface area contributed by atoms with Crippen LogP contribution < -0.4 is 0 Å². The van der Waals surface area contributed by atoms with Gasteiger partial charge in [-0.1, -0.05) is 133 Å². The summed E-state index contributed by atoms with van der Waals surface area (Å²) in [7, 11) is 0. The Morgan fingerprint density at radius 3 is 1.17 bits per heavy atom. The van der Waals surface area contributed by atoms with Crippen molar-refractivity contribution < 1.29 is 19.0 Å². The molecule has 0 amide bonds. The fourth-order valence-corrected chi connectivity index (χ4v) is 9.77. The standard InChI is InChI=1S/C54H32N2O4/c57-41-25-39-31-17-7-9-23-43(31)59-45(39)27-37(41)33-19-11-21-35-49-47(29-13-3-1-4-14-29)53-50(48(54(49)56-51(33)35)30-15-5-2-6-16-30)36-22-12-20-34(52(36)55-53)38-28-46-40(26-42(38)58)32-18-8-10-24-44(32)60-46/h1-28,55-58H. The molecule has 6 nitrogen and oxygen atoms in total. The second-order valence-corrected chi connectivity index (χ2v) is 15.6. The van der Waals surface area contributed by atoms with Gasteiger partial charge in [0, 0.05) is 76.5 Å². The third-order valence-corrected chi connectivity index (χ3v) is 12.4. The summed E-state index contributed by atoms with van der Waals surface area (Å²) >= 11 is 0. The van der Waals surface area contributed by atoms with E-state index < -0.39 is 0 Å². The molecule has 4 aromatic heterocycles. The highest BCUT2D eigenvalue weighted by Crippen LogP contribution is 2.51. The molecule has 0 unspecified atom stereocenters. The second kappa shape index (κ2) is 12.1. The van der Waals surface area contributed by atoms with Crippen LogP contribution in [0.5, 0.6) is 11.5 Å². The number of hydrogen-bond acceptors (Lipinski definition) is 4. The van der Waals surface area contributed by atoms with E-state index in [-0.39, 0.29) is 11.5 Å². The van der Waals surface area contributed by atoms with Gasteiger partial charge in [0.2, 0.25) is 0 Å². The normalized spacial score (nSPS) is 12.1. The van der Waals surface area contributed by atoms with Crippen molar-refractivity contribution in [2.75, 3.05) is 0 Å². The summed E-state index contributed by atoms with van der Waals surface area (Å²) in [6.07, 6.45) is 0. The quantitative estimate of drug-likeness (QED) is 0.143. The summed E-state index contributed by atoms with van der Waals surface area (Å²) < 4.78 is 12.6. The Balaban J connectivity index is 1.15. The van der Waals surface area contributed by atoms with E-state index in [2.05, 4.69) is 94.9 Å². The van der Waals surface area contributed by atoms with Gasteiger partial charge < -0.3 is 29.0 Å². The lowest BCUT2D eigenvalue weighted by molar-refractivity contribution is 0.477. The third kappa shape index (κ3) is 4.53. The Labute approximate surface area is 341 Å². The maximum atomic E-state index is 11.7. The Bertz CT molecular complexity index is 3650. The molecule has 13 rings (SSSR count). The highest BCUT2D eigenvalue weighted by atomic mass is 16.3. The second-order valence-electron chi connectivity index (χ2n) is 15.6. The average Bonchev–Trinajstić information content (AvgIpc) is 4.06. The molecular formula is C54H32N2O4. The molecule has 60 heavy (non-hydrogen) atoms. The van der Waals surface area contributed by atoms with Crippen LogP contribution >= 0.6 is 0 Å². The van der Waals surface area contributed by atoms with Gasteiger partial charge in [0.05, 0.1) is 22.1 Å². The molecule has 0 saturated carbocycles. The minimum atomic E-state index is 0.182. The fourth-order valence-electron chi connectivity index (χ4n) is 9.77. The van der Waals surface area contributed by atoms with Crippen molar-refractivity contribution in [1.29, 1.82) is 0 Å². The summed E-state index contributed by atoms with van der Waals surface area (Å²) in [5.74, 6) is 0.364. The summed E-state index contributed by atoms with van der Waals surface area (Å²) in [6, 6.07) is 57.0. The number of furan rings is 2. The first kappa shape index (κ1) is 32.8. The van der Waals surface area contributed by atoms with Crippen molar-refractivity contribution in [3.8, 4) is 56.0 Å². The zero-order chi connectivity index (χ0) is 39.6. The Hall–Kier alpha value is -8.22. The van der Waals surface area contributed by atoms with Gasteiger partial charge in [0.15, 0.2) is 0 Å². The first-order chi connectivity index (χ1) is 29.6. The SMILES string of the molecule is Oc1cc2c(cc1-c1cccc3c1[nH]c1c(-c4ccccc4)c4c([nH]c5c(-c6cc7oc8ccccc8c7cc6O)cccc54)c(-c4ccccc4)c13)oc1ccccc12. The van der Waals surface area contributed by atoms with Gasteiger partial charge >= 0.3 is 0 Å². The van der Waals surface area contributed by atoms with E-state index in [1.807, 2.05) is 84.9 Å². The van der Waals surface area contributed by atoms with E-state index in [0.717, 1.165) is 110 Å². The highest BCUT2D eigenvalue weighted by molar-refractivity contribution is 6.33. The number of hydrogen-bond donors (Lipinski definition) is 4. The molecule has 0 aliphatic carbocycles. The number of nitrogens with one attached hydrogen (secondary N) is 2. The van der Waals surface area contributed by atoms with E-state index >= 15 is 0 Å². The van der Waals surface area contributed by atoms with Crippen molar-refractivity contribution in [3.63, 3.8) is 0 Å². The van der Waals surface area contributed by atoms with E-state index in [1.54, 1.807) is 0 Å². The number of rotatable bonds is 4. The van der Waals surface area contributed by atoms with Crippen LogP contribution in [0.1, 0.15) is 0 Å². The fraction of sp³-hybridized carbons (Fsp3) is 0. The van der Waals surface area contributed by atoms with Gasteiger partial charge in [0.1, 0.15) is 33.8 Å². The molecule has 0 radical (unpaired) electrons. The van der Waals surface area contributed by atoms with Gasteiger partial charge in [-0.05, 0) is 47.5 Å². The number of fused-ring (bicyclic) bond motifs is 12. The van der Waals surface area contributed by atoms with Crippen molar-refractivity contribution in [3.05, 3.63) is 170 Å². The van der Waals surface area contributed by atoms with Crippen LogP contribution in [0.15, 0.2) is 179 Å². The Morgan fingerprint density at radius 2 is 0.717 bits per heavy atom. The zero-order valence-electron chi connectivity index (χ0n) is 31.9. The minimum Gasteiger partial charge on any atom is -0.507 e. The molecule has 0 aliphatic rings. The molecule has 6 heteroatoms. The van der Waals surface area contributed by atoms with Crippen LogP contribution in [0.2, 0.25) is 0 Å². The van der Waals surface area contributed by atoms with Crippen LogP contribution in [0.3, 0.4) is 0 Å². The van der Waals surface area contributed by atoms with Gasteiger partial charge in [-0.2, -0.15) is 0 Å². The Morgan fingerprint density at radius 1 is 0.317 bits per heavy atom. The van der Waals surface area contributed by atoms with Gasteiger partial charge in [-0.15, -0.1) is 0 Å². The minimum absolute atomic E-state index is 0.182. The average molecular weight is 773 g/mol. The predicted molar refractivity (Wildman–Crippen MR) is 245 cm³/mol. The van der Waals surface area contributed by atoms with Crippen LogP contribution in [-0.4, -0.2) is 20.2 Å². The third-order valence-electron chi connectivity index (χ3n) is 12.4. The molecule has 4 N–H and O–H groups in total. The number of para-hydroxylation sites is 4.